The molecule has 88 valence electrons. The molecule has 5 heteroatoms. The molecular formula is C11H15NO3S. The van der Waals surface area contributed by atoms with E-state index in [0.29, 0.717) is 5.69 Å². The summed E-state index contributed by atoms with van der Waals surface area (Å²) in [6, 6.07) is 7.04. The van der Waals surface area contributed by atoms with E-state index in [1.807, 2.05) is 6.07 Å². The number of rotatable bonds is 3. The van der Waals surface area contributed by atoms with Gasteiger partial charge in [0.05, 0.1) is 17.5 Å². The van der Waals surface area contributed by atoms with Gasteiger partial charge in [0, 0.05) is 7.05 Å². The molecule has 1 aromatic rings. The molecule has 0 bridgehead atoms. The molecule has 0 atom stereocenters. The molecular weight excluding hydrogens is 226 g/mol. The normalized spacial score (nSPS) is 18.2. The molecule has 0 radical (unpaired) electrons. The third-order valence-corrected chi connectivity index (χ3v) is 4.17. The molecule has 0 aliphatic heterocycles. The molecule has 1 N–H and O–H groups in total. The van der Waals surface area contributed by atoms with Crippen LogP contribution in [0, 0.1) is 0 Å². The highest BCUT2D eigenvalue weighted by Gasteiger charge is 2.42. The summed E-state index contributed by atoms with van der Waals surface area (Å²) in [5, 5.41) is 9.94. The first-order chi connectivity index (χ1) is 7.33. The van der Waals surface area contributed by atoms with Crippen molar-refractivity contribution in [1.29, 1.82) is 0 Å². The average Bonchev–Trinajstić information content (AvgIpc) is 2.96. The Morgan fingerprint density at radius 1 is 1.38 bits per heavy atom. The van der Waals surface area contributed by atoms with Crippen molar-refractivity contribution in [3.63, 3.8) is 0 Å². The van der Waals surface area contributed by atoms with Gasteiger partial charge in [0.1, 0.15) is 0 Å². The van der Waals surface area contributed by atoms with Gasteiger partial charge >= 0.3 is 0 Å². The van der Waals surface area contributed by atoms with Gasteiger partial charge < -0.3 is 5.11 Å². The van der Waals surface area contributed by atoms with Gasteiger partial charge in [0.2, 0.25) is 10.0 Å². The third kappa shape index (κ3) is 2.05. The molecule has 1 aliphatic carbocycles. The first-order valence-electron chi connectivity index (χ1n) is 5.10. The SMILES string of the molecule is CN(c1cccc(C2(O)CC2)c1)S(C)(=O)=O. The molecule has 0 unspecified atom stereocenters. The van der Waals surface area contributed by atoms with E-state index in [-0.39, 0.29) is 0 Å². The molecule has 1 fully saturated rings. The fourth-order valence-corrected chi connectivity index (χ4v) is 2.09. The van der Waals surface area contributed by atoms with Gasteiger partial charge in [0.25, 0.3) is 0 Å². The largest absolute Gasteiger partial charge is 0.385 e. The Kier molecular flexibility index (Phi) is 2.47. The number of nitrogens with zero attached hydrogens (tertiary/aromatic N) is 1. The number of aliphatic hydroxyl groups is 1. The van der Waals surface area contributed by atoms with Crippen molar-refractivity contribution in [2.24, 2.45) is 0 Å². The number of hydrogen-bond donors (Lipinski definition) is 1. The fourth-order valence-electron chi connectivity index (χ4n) is 1.59. The van der Waals surface area contributed by atoms with Crippen LogP contribution >= 0.6 is 0 Å². The van der Waals surface area contributed by atoms with Crippen molar-refractivity contribution in [2.45, 2.75) is 18.4 Å². The quantitative estimate of drug-likeness (QED) is 0.861. The Morgan fingerprint density at radius 2 is 2.00 bits per heavy atom. The Bertz CT molecular complexity index is 506. The predicted molar refractivity (Wildman–Crippen MR) is 62.8 cm³/mol. The maximum absolute atomic E-state index is 11.4. The Balaban J connectivity index is 2.36. The maximum atomic E-state index is 11.4. The van der Waals surface area contributed by atoms with Gasteiger partial charge in [-0.3, -0.25) is 4.31 Å². The maximum Gasteiger partial charge on any atom is 0.231 e. The van der Waals surface area contributed by atoms with Crippen molar-refractivity contribution in [3.8, 4) is 0 Å². The van der Waals surface area contributed by atoms with E-state index in [9.17, 15) is 13.5 Å². The lowest BCUT2D eigenvalue weighted by Gasteiger charge is -2.18. The molecule has 0 saturated heterocycles. The van der Waals surface area contributed by atoms with Crippen molar-refractivity contribution >= 4 is 15.7 Å². The van der Waals surface area contributed by atoms with E-state index >= 15 is 0 Å². The number of benzene rings is 1. The molecule has 0 spiro atoms. The van der Waals surface area contributed by atoms with Crippen molar-refractivity contribution in [2.75, 3.05) is 17.6 Å². The number of anilines is 1. The molecule has 4 nitrogen and oxygen atoms in total. The van der Waals surface area contributed by atoms with E-state index in [2.05, 4.69) is 0 Å². The second-order valence-electron chi connectivity index (χ2n) is 4.31. The van der Waals surface area contributed by atoms with Gasteiger partial charge in [-0.25, -0.2) is 8.42 Å². The van der Waals surface area contributed by atoms with E-state index in [1.54, 1.807) is 18.2 Å². The Morgan fingerprint density at radius 3 is 2.50 bits per heavy atom. The summed E-state index contributed by atoms with van der Waals surface area (Å²) in [7, 11) is -1.74. The first-order valence-corrected chi connectivity index (χ1v) is 6.95. The van der Waals surface area contributed by atoms with Gasteiger partial charge in [-0.1, -0.05) is 12.1 Å². The summed E-state index contributed by atoms with van der Waals surface area (Å²) in [5.74, 6) is 0. The molecule has 1 aromatic carbocycles. The third-order valence-electron chi connectivity index (χ3n) is 2.97. The van der Waals surface area contributed by atoms with Crippen LogP contribution in [0.5, 0.6) is 0 Å². The van der Waals surface area contributed by atoms with Crippen LogP contribution in [0.15, 0.2) is 24.3 Å². The first kappa shape index (κ1) is 11.4. The summed E-state index contributed by atoms with van der Waals surface area (Å²) in [6.45, 7) is 0. The van der Waals surface area contributed by atoms with Crippen molar-refractivity contribution < 1.29 is 13.5 Å². The number of hydrogen-bond acceptors (Lipinski definition) is 3. The molecule has 0 heterocycles. The minimum absolute atomic E-state index is 0.584. The van der Waals surface area contributed by atoms with Crippen LogP contribution < -0.4 is 4.31 Å². The zero-order chi connectivity index (χ0) is 12.0. The van der Waals surface area contributed by atoms with Crippen LogP contribution in [0.25, 0.3) is 0 Å². The lowest BCUT2D eigenvalue weighted by atomic mass is 10.1. The highest BCUT2D eigenvalue weighted by Crippen LogP contribution is 2.45. The summed E-state index contributed by atoms with van der Waals surface area (Å²) in [6.07, 6.45) is 2.66. The zero-order valence-electron chi connectivity index (χ0n) is 9.34. The second-order valence-corrected chi connectivity index (χ2v) is 6.33. The minimum atomic E-state index is -3.25. The van der Waals surface area contributed by atoms with Crippen LogP contribution in [0.3, 0.4) is 0 Å². The van der Waals surface area contributed by atoms with Gasteiger partial charge in [-0.2, -0.15) is 0 Å². The highest BCUT2D eigenvalue weighted by molar-refractivity contribution is 7.92. The topological polar surface area (TPSA) is 57.6 Å². The Labute approximate surface area is 95.6 Å². The van der Waals surface area contributed by atoms with E-state index < -0.39 is 15.6 Å². The lowest BCUT2D eigenvalue weighted by molar-refractivity contribution is 0.151. The molecule has 16 heavy (non-hydrogen) atoms. The van der Waals surface area contributed by atoms with Gasteiger partial charge in [0.15, 0.2) is 0 Å². The standard InChI is InChI=1S/C11H15NO3S/c1-12(16(2,14)15)10-5-3-4-9(8-10)11(13)6-7-11/h3-5,8,13H,6-7H2,1-2H3. The van der Waals surface area contributed by atoms with E-state index in [0.717, 1.165) is 24.7 Å². The predicted octanol–water partition coefficient (Wildman–Crippen LogP) is 1.06. The molecule has 2 rings (SSSR count). The minimum Gasteiger partial charge on any atom is -0.385 e. The van der Waals surface area contributed by atoms with Crippen LogP contribution in [0.4, 0.5) is 5.69 Å². The van der Waals surface area contributed by atoms with E-state index in [4.69, 9.17) is 0 Å². The average molecular weight is 241 g/mol. The van der Waals surface area contributed by atoms with Gasteiger partial charge in [-0.05, 0) is 30.5 Å². The molecule has 0 aromatic heterocycles. The van der Waals surface area contributed by atoms with Crippen molar-refractivity contribution in [3.05, 3.63) is 29.8 Å². The summed E-state index contributed by atoms with van der Waals surface area (Å²) in [5.41, 5.74) is 0.648. The number of sulfonamides is 1. The summed E-state index contributed by atoms with van der Waals surface area (Å²) in [4.78, 5) is 0. The van der Waals surface area contributed by atoms with Gasteiger partial charge in [-0.15, -0.1) is 0 Å². The summed E-state index contributed by atoms with van der Waals surface area (Å²) < 4.78 is 24.0. The lowest BCUT2D eigenvalue weighted by Crippen LogP contribution is -2.25. The molecule has 1 saturated carbocycles. The van der Waals surface area contributed by atoms with Crippen LogP contribution in [0.2, 0.25) is 0 Å². The highest BCUT2D eigenvalue weighted by atomic mass is 32.2. The monoisotopic (exact) mass is 241 g/mol. The zero-order valence-corrected chi connectivity index (χ0v) is 10.2. The van der Waals surface area contributed by atoms with Crippen LogP contribution in [0.1, 0.15) is 18.4 Å². The summed E-state index contributed by atoms with van der Waals surface area (Å²) >= 11 is 0. The second kappa shape index (κ2) is 3.46. The van der Waals surface area contributed by atoms with Crippen molar-refractivity contribution in [1.82, 2.24) is 0 Å². The smallest absolute Gasteiger partial charge is 0.231 e. The van der Waals surface area contributed by atoms with Crippen LogP contribution in [-0.2, 0) is 15.6 Å². The Hall–Kier alpha value is -1.07. The fraction of sp³-hybridized carbons (Fsp3) is 0.455. The van der Waals surface area contributed by atoms with Crippen LogP contribution in [-0.4, -0.2) is 26.8 Å². The molecule has 0 amide bonds. The molecule has 1 aliphatic rings. The van der Waals surface area contributed by atoms with E-state index in [1.165, 1.54) is 11.4 Å².